The Balaban J connectivity index is 1.84. The minimum atomic E-state index is -0.264. The van der Waals surface area contributed by atoms with Crippen LogP contribution in [0.25, 0.3) is 0 Å². The Morgan fingerprint density at radius 1 is 1.35 bits per heavy atom. The van der Waals surface area contributed by atoms with Gasteiger partial charge in [0.1, 0.15) is 12.4 Å². The summed E-state index contributed by atoms with van der Waals surface area (Å²) in [5, 5.41) is 3.40. The average Bonchev–Trinajstić information content (AvgIpc) is 2.96. The van der Waals surface area contributed by atoms with Crippen LogP contribution in [-0.4, -0.2) is 15.5 Å². The number of aromatic nitrogens is 2. The smallest absolute Gasteiger partial charge is 0.257 e. The van der Waals surface area contributed by atoms with Crippen LogP contribution in [0.2, 0.25) is 5.02 Å². The predicted octanol–water partition coefficient (Wildman–Crippen LogP) is 2.64. The third-order valence-corrected chi connectivity index (χ3v) is 4.63. The second kappa shape index (κ2) is 6.16. The van der Waals surface area contributed by atoms with E-state index in [1.807, 2.05) is 6.92 Å². The van der Waals surface area contributed by atoms with Crippen molar-refractivity contribution < 1.29 is 4.79 Å². The molecule has 23 heavy (non-hydrogen) atoms. The number of nitrogens with zero attached hydrogens (tertiary/aromatic N) is 2. The summed E-state index contributed by atoms with van der Waals surface area (Å²) in [6, 6.07) is 5.33. The Bertz CT molecular complexity index is 842. The maximum absolute atomic E-state index is 12.5. The highest BCUT2D eigenvalue weighted by Gasteiger charge is 2.20. The number of benzene rings is 1. The van der Waals surface area contributed by atoms with E-state index in [-0.39, 0.29) is 18.0 Å². The van der Waals surface area contributed by atoms with Crippen LogP contribution in [0.3, 0.4) is 0 Å². The highest BCUT2D eigenvalue weighted by Crippen LogP contribution is 2.23. The molecule has 3 rings (SSSR count). The number of halogens is 1. The molecule has 120 valence electrons. The number of nitrogens with one attached hydrogen (secondary N) is 1. The summed E-state index contributed by atoms with van der Waals surface area (Å²) < 4.78 is 1.44. The van der Waals surface area contributed by atoms with Gasteiger partial charge in [-0.15, -0.1) is 0 Å². The molecule has 0 bridgehead atoms. The number of carbonyl (C=O) groups excluding carboxylic acids is 1. The van der Waals surface area contributed by atoms with E-state index in [0.29, 0.717) is 16.5 Å². The van der Waals surface area contributed by atoms with Crippen molar-refractivity contribution in [1.82, 2.24) is 9.55 Å². The van der Waals surface area contributed by atoms with E-state index in [1.54, 1.807) is 25.1 Å². The summed E-state index contributed by atoms with van der Waals surface area (Å²) in [4.78, 5) is 29.3. The lowest BCUT2D eigenvalue weighted by molar-refractivity contribution is -0.116. The van der Waals surface area contributed by atoms with Crippen LogP contribution in [0.5, 0.6) is 0 Å². The molecule has 6 heteroatoms. The Hall–Kier alpha value is -2.14. The molecule has 0 saturated carbocycles. The highest BCUT2D eigenvalue weighted by atomic mass is 35.5. The Morgan fingerprint density at radius 3 is 2.91 bits per heavy atom. The normalized spacial score (nSPS) is 13.0. The number of rotatable bonds is 3. The van der Waals surface area contributed by atoms with Gasteiger partial charge in [-0.2, -0.15) is 0 Å². The zero-order valence-electron chi connectivity index (χ0n) is 13.1. The van der Waals surface area contributed by atoms with E-state index >= 15 is 0 Å². The monoisotopic (exact) mass is 331 g/mol. The molecule has 1 heterocycles. The lowest BCUT2D eigenvalue weighted by Gasteiger charge is -2.13. The van der Waals surface area contributed by atoms with Crippen molar-refractivity contribution in [3.63, 3.8) is 0 Å². The fraction of sp³-hybridized carbons (Fsp3) is 0.353. The summed E-state index contributed by atoms with van der Waals surface area (Å²) >= 11 is 6.06. The van der Waals surface area contributed by atoms with Gasteiger partial charge in [0.05, 0.1) is 5.69 Å². The predicted molar refractivity (Wildman–Crippen MR) is 90.1 cm³/mol. The SMILES string of the molecule is Cc1c(Cl)cccc1NC(=O)Cn1c(C)nc2c(c1=O)CCC2. The van der Waals surface area contributed by atoms with Crippen LogP contribution in [0.4, 0.5) is 5.69 Å². The minimum absolute atomic E-state index is 0.0447. The summed E-state index contributed by atoms with van der Waals surface area (Å²) in [5.74, 6) is 0.314. The van der Waals surface area contributed by atoms with Gasteiger partial charge in [-0.1, -0.05) is 17.7 Å². The fourth-order valence-electron chi connectivity index (χ4n) is 2.91. The first kappa shape index (κ1) is 15.7. The molecule has 1 N–H and O–H groups in total. The van der Waals surface area contributed by atoms with Gasteiger partial charge in [-0.3, -0.25) is 14.2 Å². The first-order valence-electron chi connectivity index (χ1n) is 7.61. The van der Waals surface area contributed by atoms with Crippen LogP contribution in [0, 0.1) is 13.8 Å². The standard InChI is InChI=1S/C17H18ClN3O2/c1-10-13(18)6-4-7-14(10)20-16(22)9-21-11(2)19-15-8-3-5-12(15)17(21)23/h4,6-7H,3,5,8-9H2,1-2H3,(H,20,22). The topological polar surface area (TPSA) is 64.0 Å². The summed E-state index contributed by atoms with van der Waals surface area (Å²) in [6.07, 6.45) is 2.55. The molecule has 0 aliphatic heterocycles. The number of amides is 1. The van der Waals surface area contributed by atoms with E-state index in [4.69, 9.17) is 11.6 Å². The molecular formula is C17H18ClN3O2. The van der Waals surface area contributed by atoms with Crippen molar-refractivity contribution in [2.24, 2.45) is 0 Å². The van der Waals surface area contributed by atoms with Crippen LogP contribution < -0.4 is 10.9 Å². The lowest BCUT2D eigenvalue weighted by atomic mass is 10.2. The van der Waals surface area contributed by atoms with Gasteiger partial charge in [0.15, 0.2) is 0 Å². The molecule has 0 spiro atoms. The molecule has 1 aromatic heterocycles. The molecule has 0 saturated heterocycles. The minimum Gasteiger partial charge on any atom is -0.324 e. The van der Waals surface area contributed by atoms with Crippen LogP contribution in [0.15, 0.2) is 23.0 Å². The molecule has 5 nitrogen and oxygen atoms in total. The molecule has 1 aliphatic rings. The first-order valence-corrected chi connectivity index (χ1v) is 7.99. The van der Waals surface area contributed by atoms with Gasteiger partial charge in [-0.25, -0.2) is 4.98 Å². The van der Waals surface area contributed by atoms with Gasteiger partial charge >= 0.3 is 0 Å². The zero-order valence-corrected chi connectivity index (χ0v) is 13.9. The van der Waals surface area contributed by atoms with Gasteiger partial charge in [0, 0.05) is 16.3 Å². The van der Waals surface area contributed by atoms with Gasteiger partial charge in [0.2, 0.25) is 5.91 Å². The van der Waals surface area contributed by atoms with E-state index in [2.05, 4.69) is 10.3 Å². The average molecular weight is 332 g/mol. The number of hydrogen-bond acceptors (Lipinski definition) is 3. The fourth-order valence-corrected chi connectivity index (χ4v) is 3.08. The number of carbonyl (C=O) groups is 1. The van der Waals surface area contributed by atoms with E-state index in [9.17, 15) is 9.59 Å². The molecule has 2 aromatic rings. The van der Waals surface area contributed by atoms with Gasteiger partial charge in [-0.05, 0) is 50.8 Å². The van der Waals surface area contributed by atoms with Crippen molar-refractivity contribution in [3.8, 4) is 0 Å². The van der Waals surface area contributed by atoms with Crippen LogP contribution in [0.1, 0.15) is 29.1 Å². The van der Waals surface area contributed by atoms with Crippen molar-refractivity contribution in [2.75, 3.05) is 5.32 Å². The first-order chi connectivity index (χ1) is 11.0. The van der Waals surface area contributed by atoms with Gasteiger partial charge < -0.3 is 5.32 Å². The highest BCUT2D eigenvalue weighted by molar-refractivity contribution is 6.31. The van der Waals surface area contributed by atoms with E-state index < -0.39 is 0 Å². The van der Waals surface area contributed by atoms with E-state index in [0.717, 1.165) is 36.1 Å². The number of aryl methyl sites for hydroxylation is 2. The Morgan fingerprint density at radius 2 is 2.13 bits per heavy atom. The molecule has 0 unspecified atom stereocenters. The third-order valence-electron chi connectivity index (χ3n) is 4.22. The maximum atomic E-state index is 12.5. The quantitative estimate of drug-likeness (QED) is 0.940. The van der Waals surface area contributed by atoms with Crippen LogP contribution in [-0.2, 0) is 24.2 Å². The lowest BCUT2D eigenvalue weighted by Crippen LogP contribution is -2.32. The molecule has 0 radical (unpaired) electrons. The van der Waals surface area contributed by atoms with Crippen molar-refractivity contribution in [2.45, 2.75) is 39.7 Å². The van der Waals surface area contributed by atoms with Crippen molar-refractivity contribution >= 4 is 23.2 Å². The Kier molecular flexibility index (Phi) is 4.22. The molecule has 1 aromatic carbocycles. The van der Waals surface area contributed by atoms with Crippen molar-refractivity contribution in [1.29, 1.82) is 0 Å². The largest absolute Gasteiger partial charge is 0.324 e. The molecule has 0 fully saturated rings. The number of fused-ring (bicyclic) bond motifs is 1. The summed E-state index contributed by atoms with van der Waals surface area (Å²) in [6.45, 7) is 3.56. The van der Waals surface area contributed by atoms with Crippen LogP contribution >= 0.6 is 11.6 Å². The molecule has 1 amide bonds. The Labute approximate surface area is 139 Å². The molecule has 1 aliphatic carbocycles. The molecule has 0 atom stereocenters. The van der Waals surface area contributed by atoms with Gasteiger partial charge in [0.25, 0.3) is 5.56 Å². The third kappa shape index (κ3) is 3.01. The number of anilines is 1. The van der Waals surface area contributed by atoms with E-state index in [1.165, 1.54) is 4.57 Å². The summed E-state index contributed by atoms with van der Waals surface area (Å²) in [5.41, 5.74) is 3.00. The molecular weight excluding hydrogens is 314 g/mol. The maximum Gasteiger partial charge on any atom is 0.257 e. The summed E-state index contributed by atoms with van der Waals surface area (Å²) in [7, 11) is 0. The second-order valence-electron chi connectivity index (χ2n) is 5.79. The van der Waals surface area contributed by atoms with Crippen molar-refractivity contribution in [3.05, 3.63) is 56.2 Å². The zero-order chi connectivity index (χ0) is 16.6. The number of hydrogen-bond donors (Lipinski definition) is 1. The second-order valence-corrected chi connectivity index (χ2v) is 6.20.